The van der Waals surface area contributed by atoms with Crippen LogP contribution < -0.4 is 20.3 Å². The van der Waals surface area contributed by atoms with Crippen molar-refractivity contribution in [2.45, 2.75) is 0 Å². The Bertz CT molecular complexity index is 1500. The smallest absolute Gasteiger partial charge is 0.229 e. The van der Waals surface area contributed by atoms with Crippen LogP contribution in [0.1, 0.15) is 0 Å². The zero-order valence-electron chi connectivity index (χ0n) is 19.8. The lowest BCUT2D eigenvalue weighted by molar-refractivity contribution is 0.312. The number of fused-ring (bicyclic) bond motifs is 1. The van der Waals surface area contributed by atoms with Gasteiger partial charge in [-0.15, -0.1) is 0 Å². The standard InChI is InChI=1S/C23H26IN9O2S/c1-32-9-11-33(12-10-32)22-16-8-7-15(13-20(16)29-30-22)26-23-25-14-17(24)21(28-23)27-18-5-3-4-6-19(18)31-36(2,34)35/h3-8,13-14,31H,9-12H2,1-2H3,(H,29,30)(H2,25,26,27,28). The highest BCUT2D eigenvalue weighted by Crippen LogP contribution is 2.30. The molecule has 11 nitrogen and oxygen atoms in total. The molecule has 188 valence electrons. The number of anilines is 6. The van der Waals surface area contributed by atoms with Crippen LogP contribution in [0.3, 0.4) is 0 Å². The van der Waals surface area contributed by atoms with Gasteiger partial charge in [-0.25, -0.2) is 13.4 Å². The van der Waals surface area contributed by atoms with Crippen LogP contribution in [0.2, 0.25) is 0 Å². The van der Waals surface area contributed by atoms with Crippen LogP contribution in [0.4, 0.5) is 34.6 Å². The second kappa shape index (κ2) is 10.1. The Morgan fingerprint density at radius 3 is 2.53 bits per heavy atom. The fourth-order valence-electron chi connectivity index (χ4n) is 3.99. The summed E-state index contributed by atoms with van der Waals surface area (Å²) in [6, 6.07) is 13.1. The van der Waals surface area contributed by atoms with E-state index in [2.05, 4.69) is 75.0 Å². The van der Waals surface area contributed by atoms with E-state index in [1.165, 1.54) is 0 Å². The Labute approximate surface area is 222 Å². The van der Waals surface area contributed by atoms with Gasteiger partial charge in [0.25, 0.3) is 0 Å². The van der Waals surface area contributed by atoms with Crippen LogP contribution in [-0.4, -0.2) is 73.0 Å². The third-order valence-corrected chi connectivity index (χ3v) is 7.20. The van der Waals surface area contributed by atoms with Gasteiger partial charge in [-0.2, -0.15) is 10.1 Å². The van der Waals surface area contributed by atoms with Crippen molar-refractivity contribution in [3.05, 3.63) is 52.2 Å². The number of sulfonamides is 1. The Morgan fingerprint density at radius 2 is 1.78 bits per heavy atom. The Kier molecular flexibility index (Phi) is 6.85. The van der Waals surface area contributed by atoms with E-state index in [1.807, 2.05) is 24.3 Å². The molecule has 4 N–H and O–H groups in total. The van der Waals surface area contributed by atoms with E-state index in [0.717, 1.165) is 58.4 Å². The molecule has 0 amide bonds. The molecule has 1 aliphatic rings. The number of hydrogen-bond donors (Lipinski definition) is 4. The van der Waals surface area contributed by atoms with E-state index in [9.17, 15) is 8.42 Å². The normalized spacial score (nSPS) is 14.7. The van der Waals surface area contributed by atoms with Crippen LogP contribution in [0.15, 0.2) is 48.7 Å². The fraction of sp³-hybridized carbons (Fsp3) is 0.261. The predicted octanol–water partition coefficient (Wildman–Crippen LogP) is 3.57. The number of nitrogens with one attached hydrogen (secondary N) is 4. The fourth-order valence-corrected chi connectivity index (χ4v) is 4.97. The zero-order chi connectivity index (χ0) is 25.3. The SMILES string of the molecule is CN1CCN(c2n[nH]c3cc(Nc4ncc(I)c(Nc5ccccc5NS(C)(=O)=O)n4)ccc23)CC1. The first-order valence-electron chi connectivity index (χ1n) is 11.3. The van der Waals surface area contributed by atoms with Crippen LogP contribution in [0, 0.1) is 3.57 Å². The number of hydrogen-bond acceptors (Lipinski definition) is 9. The molecule has 0 aliphatic carbocycles. The van der Waals surface area contributed by atoms with Gasteiger partial charge in [-0.05, 0) is 60.0 Å². The summed E-state index contributed by atoms with van der Waals surface area (Å²) >= 11 is 2.14. The molecular weight excluding hydrogens is 593 g/mol. The molecule has 1 saturated heterocycles. The summed E-state index contributed by atoms with van der Waals surface area (Å²) in [4.78, 5) is 13.6. The number of halogens is 1. The lowest BCUT2D eigenvalue weighted by Gasteiger charge is -2.32. The number of nitrogens with zero attached hydrogens (tertiary/aromatic N) is 5. The second-order valence-electron chi connectivity index (χ2n) is 8.66. The van der Waals surface area contributed by atoms with Crippen LogP contribution in [-0.2, 0) is 10.0 Å². The van der Waals surface area contributed by atoms with Gasteiger partial charge in [-0.1, -0.05) is 12.1 Å². The van der Waals surface area contributed by atoms with Gasteiger partial charge >= 0.3 is 0 Å². The average molecular weight is 619 g/mol. The molecule has 1 aliphatic heterocycles. The molecule has 0 spiro atoms. The highest BCUT2D eigenvalue weighted by Gasteiger charge is 2.19. The molecule has 36 heavy (non-hydrogen) atoms. The quantitative estimate of drug-likeness (QED) is 0.230. The Morgan fingerprint density at radius 1 is 1.03 bits per heavy atom. The van der Waals surface area contributed by atoms with Crippen molar-refractivity contribution in [2.24, 2.45) is 0 Å². The molecule has 0 atom stereocenters. The molecule has 1 fully saturated rings. The monoisotopic (exact) mass is 619 g/mol. The topological polar surface area (TPSA) is 131 Å². The summed E-state index contributed by atoms with van der Waals surface area (Å²) in [5.41, 5.74) is 2.77. The summed E-state index contributed by atoms with van der Waals surface area (Å²) in [6.07, 6.45) is 2.82. The zero-order valence-corrected chi connectivity index (χ0v) is 22.8. The molecule has 0 bridgehead atoms. The van der Waals surface area contributed by atoms with Crippen LogP contribution in [0.5, 0.6) is 0 Å². The third-order valence-electron chi connectivity index (χ3n) is 5.82. The van der Waals surface area contributed by atoms with Gasteiger partial charge in [0.1, 0.15) is 5.82 Å². The predicted molar refractivity (Wildman–Crippen MR) is 152 cm³/mol. The lowest BCUT2D eigenvalue weighted by atomic mass is 10.2. The highest BCUT2D eigenvalue weighted by molar-refractivity contribution is 14.1. The molecule has 5 rings (SSSR count). The van der Waals surface area contributed by atoms with Crippen LogP contribution >= 0.6 is 22.6 Å². The maximum atomic E-state index is 11.7. The molecule has 13 heteroatoms. The maximum Gasteiger partial charge on any atom is 0.229 e. The summed E-state index contributed by atoms with van der Waals surface area (Å²) in [6.45, 7) is 3.93. The van der Waals surface area contributed by atoms with Gasteiger partial charge in [0.15, 0.2) is 5.82 Å². The van der Waals surface area contributed by atoms with Crippen LogP contribution in [0.25, 0.3) is 10.9 Å². The van der Waals surface area contributed by atoms with Gasteiger partial charge in [0.05, 0.1) is 26.7 Å². The molecule has 2 aromatic carbocycles. The summed E-state index contributed by atoms with van der Waals surface area (Å²) < 4.78 is 26.8. The minimum atomic E-state index is -3.43. The lowest BCUT2D eigenvalue weighted by Crippen LogP contribution is -2.44. The largest absolute Gasteiger partial charge is 0.352 e. The molecule has 0 radical (unpaired) electrons. The van der Waals surface area contributed by atoms with Crippen molar-refractivity contribution >= 4 is 78.2 Å². The number of benzene rings is 2. The molecule has 4 aromatic rings. The van der Waals surface area contributed by atoms with Gasteiger partial charge in [-0.3, -0.25) is 9.82 Å². The minimum Gasteiger partial charge on any atom is -0.352 e. The van der Waals surface area contributed by atoms with Gasteiger partial charge in [0, 0.05) is 43.4 Å². The van der Waals surface area contributed by atoms with Gasteiger partial charge in [0.2, 0.25) is 16.0 Å². The number of rotatable bonds is 7. The van der Waals surface area contributed by atoms with Gasteiger partial charge < -0.3 is 20.4 Å². The van der Waals surface area contributed by atoms with Crippen molar-refractivity contribution in [1.29, 1.82) is 0 Å². The molecule has 2 aromatic heterocycles. The summed E-state index contributed by atoms with van der Waals surface area (Å²) in [7, 11) is -1.29. The van der Waals surface area contributed by atoms with E-state index in [0.29, 0.717) is 23.1 Å². The molecular formula is C23H26IN9O2S. The van der Waals surface area contributed by atoms with E-state index in [-0.39, 0.29) is 0 Å². The van der Waals surface area contributed by atoms with E-state index in [1.54, 1.807) is 24.4 Å². The minimum absolute atomic E-state index is 0.407. The first kappa shape index (κ1) is 24.5. The second-order valence-corrected chi connectivity index (χ2v) is 11.6. The summed E-state index contributed by atoms with van der Waals surface area (Å²) in [5, 5.41) is 15.2. The first-order valence-corrected chi connectivity index (χ1v) is 14.3. The molecule has 0 unspecified atom stereocenters. The van der Waals surface area contributed by atoms with Crippen molar-refractivity contribution in [2.75, 3.05) is 59.7 Å². The average Bonchev–Trinajstić information content (AvgIpc) is 3.25. The number of aromatic amines is 1. The number of piperazine rings is 1. The number of likely N-dealkylation sites (N-methyl/N-ethyl adjacent to an activating group) is 1. The first-order chi connectivity index (χ1) is 17.2. The summed E-state index contributed by atoms with van der Waals surface area (Å²) in [5.74, 6) is 1.93. The van der Waals surface area contributed by atoms with Crippen molar-refractivity contribution < 1.29 is 8.42 Å². The Hall–Kier alpha value is -3.17. The number of H-pyrrole nitrogens is 1. The third kappa shape index (κ3) is 5.63. The van der Waals surface area contributed by atoms with E-state index < -0.39 is 10.0 Å². The number of para-hydroxylation sites is 2. The van der Waals surface area contributed by atoms with Crippen molar-refractivity contribution in [1.82, 2.24) is 25.1 Å². The van der Waals surface area contributed by atoms with Crippen molar-refractivity contribution in [3.8, 4) is 0 Å². The van der Waals surface area contributed by atoms with E-state index in [4.69, 9.17) is 0 Å². The van der Waals surface area contributed by atoms with E-state index >= 15 is 0 Å². The molecule has 0 saturated carbocycles. The van der Waals surface area contributed by atoms with Crippen molar-refractivity contribution in [3.63, 3.8) is 0 Å². The number of aromatic nitrogens is 4. The Balaban J connectivity index is 1.35. The highest BCUT2D eigenvalue weighted by atomic mass is 127. The molecule has 3 heterocycles. The maximum absolute atomic E-state index is 11.7.